The Bertz CT molecular complexity index is 216. The van der Waals surface area contributed by atoms with E-state index in [0.717, 1.165) is 17.3 Å². The van der Waals surface area contributed by atoms with Crippen molar-refractivity contribution >= 4 is 0 Å². The van der Waals surface area contributed by atoms with Crippen LogP contribution in [-0.4, -0.2) is 0 Å². The van der Waals surface area contributed by atoms with Gasteiger partial charge >= 0.3 is 0 Å². The average Bonchev–Trinajstić information content (AvgIpc) is 2.27. The maximum Gasteiger partial charge on any atom is -0.00616 e. The van der Waals surface area contributed by atoms with Crippen molar-refractivity contribution < 1.29 is 0 Å². The predicted octanol–water partition coefficient (Wildman–Crippen LogP) is 3.53. The van der Waals surface area contributed by atoms with Crippen LogP contribution in [0.1, 0.15) is 44.9 Å². The minimum Gasteiger partial charge on any atom is -0.0880 e. The van der Waals surface area contributed by atoms with Crippen molar-refractivity contribution in [2.45, 2.75) is 44.9 Å². The monoisotopic (exact) mass is 162 g/mol. The molecule has 0 aromatic rings. The largest absolute Gasteiger partial charge is 0.0880 e. The van der Waals surface area contributed by atoms with Gasteiger partial charge in [0.15, 0.2) is 0 Å². The van der Waals surface area contributed by atoms with E-state index in [4.69, 9.17) is 0 Å². The zero-order chi connectivity index (χ0) is 8.02. The normalized spacial score (nSPS) is 50.7. The summed E-state index contributed by atoms with van der Waals surface area (Å²) in [5, 5.41) is 0. The number of hydrogen-bond donors (Lipinski definition) is 0. The first-order valence-corrected chi connectivity index (χ1v) is 5.59. The van der Waals surface area contributed by atoms with Crippen LogP contribution in [0, 0.1) is 17.3 Å². The lowest BCUT2D eigenvalue weighted by atomic mass is 9.58. The maximum absolute atomic E-state index is 2.60. The highest BCUT2D eigenvalue weighted by atomic mass is 14.6. The van der Waals surface area contributed by atoms with Crippen molar-refractivity contribution in [3.05, 3.63) is 12.2 Å². The fourth-order valence-corrected chi connectivity index (χ4v) is 3.86. The van der Waals surface area contributed by atoms with E-state index in [9.17, 15) is 0 Å². The average molecular weight is 162 g/mol. The Morgan fingerprint density at radius 3 is 2.58 bits per heavy atom. The van der Waals surface area contributed by atoms with Crippen molar-refractivity contribution in [3.8, 4) is 0 Å². The Morgan fingerprint density at radius 2 is 1.83 bits per heavy atom. The second-order valence-electron chi connectivity index (χ2n) is 4.96. The Balaban J connectivity index is 1.95. The van der Waals surface area contributed by atoms with Crippen molar-refractivity contribution in [3.63, 3.8) is 0 Å². The molecule has 3 unspecified atom stereocenters. The third-order valence-corrected chi connectivity index (χ3v) is 4.66. The summed E-state index contributed by atoms with van der Waals surface area (Å²) < 4.78 is 0. The van der Waals surface area contributed by atoms with E-state index in [1.54, 1.807) is 0 Å². The van der Waals surface area contributed by atoms with Crippen LogP contribution in [0.5, 0.6) is 0 Å². The molecular formula is C12H18. The molecule has 0 heterocycles. The highest BCUT2D eigenvalue weighted by Gasteiger charge is 2.53. The molecule has 3 aliphatic rings. The molecule has 12 heavy (non-hydrogen) atoms. The lowest BCUT2D eigenvalue weighted by Crippen LogP contribution is -2.38. The summed E-state index contributed by atoms with van der Waals surface area (Å²) in [6, 6.07) is 0. The van der Waals surface area contributed by atoms with E-state index in [1.165, 1.54) is 44.9 Å². The standard InChI is InChI=1S/C12H18/c1-2-4-10-5-6-11-7-9-12(10,11)8-3-1/h3,8,10-11H,1-2,4-7,9H2. The summed E-state index contributed by atoms with van der Waals surface area (Å²) >= 11 is 0. The maximum atomic E-state index is 2.60. The molecule has 0 aromatic heterocycles. The summed E-state index contributed by atoms with van der Waals surface area (Å²) in [6.45, 7) is 0. The highest BCUT2D eigenvalue weighted by Crippen LogP contribution is 2.63. The molecule has 0 aliphatic heterocycles. The molecule has 0 amide bonds. The van der Waals surface area contributed by atoms with Gasteiger partial charge in [-0.2, -0.15) is 0 Å². The quantitative estimate of drug-likeness (QED) is 0.478. The first kappa shape index (κ1) is 7.17. The van der Waals surface area contributed by atoms with Gasteiger partial charge in [0.2, 0.25) is 0 Å². The molecule has 0 N–H and O–H groups in total. The van der Waals surface area contributed by atoms with E-state index in [2.05, 4.69) is 12.2 Å². The molecule has 3 atom stereocenters. The summed E-state index contributed by atoms with van der Waals surface area (Å²) in [7, 11) is 0. The van der Waals surface area contributed by atoms with Crippen molar-refractivity contribution in [2.75, 3.05) is 0 Å². The summed E-state index contributed by atoms with van der Waals surface area (Å²) in [6.07, 6.45) is 15.5. The molecule has 66 valence electrons. The van der Waals surface area contributed by atoms with E-state index in [1.807, 2.05) is 0 Å². The first-order chi connectivity index (χ1) is 5.92. The third-order valence-electron chi connectivity index (χ3n) is 4.66. The lowest BCUT2D eigenvalue weighted by molar-refractivity contribution is 0.0734. The molecule has 3 rings (SSSR count). The third kappa shape index (κ3) is 0.739. The van der Waals surface area contributed by atoms with Gasteiger partial charge in [0.25, 0.3) is 0 Å². The molecule has 2 saturated carbocycles. The van der Waals surface area contributed by atoms with Crippen LogP contribution in [-0.2, 0) is 0 Å². The van der Waals surface area contributed by atoms with Crippen molar-refractivity contribution in [1.29, 1.82) is 0 Å². The van der Waals surface area contributed by atoms with Crippen LogP contribution in [0.15, 0.2) is 12.2 Å². The zero-order valence-electron chi connectivity index (χ0n) is 7.76. The van der Waals surface area contributed by atoms with Gasteiger partial charge in [0, 0.05) is 0 Å². The molecule has 0 aromatic carbocycles. The van der Waals surface area contributed by atoms with Gasteiger partial charge in [0.1, 0.15) is 0 Å². The van der Waals surface area contributed by atoms with Gasteiger partial charge in [-0.3, -0.25) is 0 Å². The molecular weight excluding hydrogens is 144 g/mol. The van der Waals surface area contributed by atoms with Gasteiger partial charge in [-0.1, -0.05) is 12.2 Å². The van der Waals surface area contributed by atoms with Gasteiger partial charge in [-0.15, -0.1) is 0 Å². The minimum absolute atomic E-state index is 0.733. The van der Waals surface area contributed by atoms with E-state index in [-0.39, 0.29) is 0 Å². The van der Waals surface area contributed by atoms with E-state index < -0.39 is 0 Å². The van der Waals surface area contributed by atoms with E-state index in [0.29, 0.717) is 0 Å². The fourth-order valence-electron chi connectivity index (χ4n) is 3.86. The van der Waals surface area contributed by atoms with E-state index >= 15 is 0 Å². The lowest BCUT2D eigenvalue weighted by Gasteiger charge is -2.46. The molecule has 0 heteroatoms. The van der Waals surface area contributed by atoms with Gasteiger partial charge in [-0.05, 0) is 62.2 Å². The van der Waals surface area contributed by atoms with Crippen LogP contribution in [0.3, 0.4) is 0 Å². The highest BCUT2D eigenvalue weighted by molar-refractivity contribution is 5.16. The number of rotatable bonds is 0. The molecule has 2 fully saturated rings. The molecule has 0 saturated heterocycles. The Kier molecular flexibility index (Phi) is 1.42. The smallest absolute Gasteiger partial charge is 0.00616 e. The van der Waals surface area contributed by atoms with Crippen molar-refractivity contribution in [1.82, 2.24) is 0 Å². The summed E-state index contributed by atoms with van der Waals surface area (Å²) in [5.74, 6) is 2.17. The Labute approximate surface area is 75.0 Å². The van der Waals surface area contributed by atoms with Crippen LogP contribution >= 0.6 is 0 Å². The Morgan fingerprint density at radius 1 is 1.00 bits per heavy atom. The fraction of sp³-hybridized carbons (Fsp3) is 0.833. The topological polar surface area (TPSA) is 0 Å². The molecule has 3 aliphatic carbocycles. The summed E-state index contributed by atoms with van der Waals surface area (Å²) in [4.78, 5) is 0. The Hall–Kier alpha value is -0.260. The van der Waals surface area contributed by atoms with Gasteiger partial charge in [0.05, 0.1) is 0 Å². The SMILES string of the molecule is C1=CC23CCC2CCC3CCC1. The second kappa shape index (κ2) is 2.37. The number of allylic oxidation sites excluding steroid dienone is 2. The van der Waals surface area contributed by atoms with Gasteiger partial charge < -0.3 is 0 Å². The molecule has 0 radical (unpaired) electrons. The molecule has 1 spiro atoms. The number of hydrogen-bond acceptors (Lipinski definition) is 0. The predicted molar refractivity (Wildman–Crippen MR) is 50.9 cm³/mol. The van der Waals surface area contributed by atoms with Crippen LogP contribution in [0.2, 0.25) is 0 Å². The summed E-state index contributed by atoms with van der Waals surface area (Å²) in [5.41, 5.74) is 0.733. The van der Waals surface area contributed by atoms with Crippen molar-refractivity contribution in [2.24, 2.45) is 17.3 Å². The van der Waals surface area contributed by atoms with Crippen LogP contribution in [0.25, 0.3) is 0 Å². The molecule has 0 nitrogen and oxygen atoms in total. The van der Waals surface area contributed by atoms with Crippen LogP contribution < -0.4 is 0 Å². The van der Waals surface area contributed by atoms with Crippen LogP contribution in [0.4, 0.5) is 0 Å². The minimum atomic E-state index is 0.733. The second-order valence-corrected chi connectivity index (χ2v) is 4.96. The van der Waals surface area contributed by atoms with Gasteiger partial charge in [-0.25, -0.2) is 0 Å². The first-order valence-electron chi connectivity index (χ1n) is 5.59. The molecule has 0 bridgehead atoms. The zero-order valence-corrected chi connectivity index (χ0v) is 7.76.